The van der Waals surface area contributed by atoms with E-state index in [-0.39, 0.29) is 0 Å². The third-order valence-corrected chi connectivity index (χ3v) is 3.34. The fourth-order valence-corrected chi connectivity index (χ4v) is 2.23. The minimum Gasteiger partial charge on any atom is -0.397 e. The van der Waals surface area contributed by atoms with Gasteiger partial charge in [-0.05, 0) is 25.0 Å². The first kappa shape index (κ1) is 14.9. The summed E-state index contributed by atoms with van der Waals surface area (Å²) in [5, 5.41) is 0. The molecule has 0 aliphatic carbocycles. The van der Waals surface area contributed by atoms with Gasteiger partial charge in [0, 0.05) is 13.1 Å². The van der Waals surface area contributed by atoms with Crippen LogP contribution in [0.25, 0.3) is 0 Å². The molecule has 0 fully saturated rings. The van der Waals surface area contributed by atoms with Gasteiger partial charge in [-0.2, -0.15) is 0 Å². The third kappa shape index (κ3) is 4.99. The van der Waals surface area contributed by atoms with E-state index >= 15 is 0 Å². The molecule has 0 radical (unpaired) electrons. The Morgan fingerprint density at radius 3 is 1.94 bits per heavy atom. The standard InChI is InChI=1S/C16H28N2/c1-3-5-9-13-18(14-10-6-4-2)16-12-8-7-11-15(16)17/h7-8,11-12H,3-6,9-10,13-14,17H2,1-2H3. The Hall–Kier alpha value is -1.18. The molecule has 0 amide bonds. The third-order valence-electron chi connectivity index (χ3n) is 3.34. The van der Waals surface area contributed by atoms with Crippen LogP contribution >= 0.6 is 0 Å². The van der Waals surface area contributed by atoms with Crippen molar-refractivity contribution in [2.75, 3.05) is 23.7 Å². The molecule has 0 aromatic heterocycles. The maximum atomic E-state index is 6.09. The number of rotatable bonds is 9. The number of nitrogen functional groups attached to an aromatic ring is 1. The molecule has 2 N–H and O–H groups in total. The van der Waals surface area contributed by atoms with Gasteiger partial charge < -0.3 is 10.6 Å². The zero-order valence-corrected chi connectivity index (χ0v) is 12.0. The first-order valence-electron chi connectivity index (χ1n) is 7.39. The van der Waals surface area contributed by atoms with Gasteiger partial charge in [0.2, 0.25) is 0 Å². The second kappa shape index (κ2) is 8.84. The summed E-state index contributed by atoms with van der Waals surface area (Å²) in [7, 11) is 0. The quantitative estimate of drug-likeness (QED) is 0.516. The number of hydrogen-bond donors (Lipinski definition) is 1. The lowest BCUT2D eigenvalue weighted by Crippen LogP contribution is -2.26. The van der Waals surface area contributed by atoms with E-state index in [1.165, 1.54) is 44.2 Å². The molecule has 0 atom stereocenters. The average Bonchev–Trinajstić information content (AvgIpc) is 2.38. The van der Waals surface area contributed by atoms with Crippen molar-refractivity contribution in [2.24, 2.45) is 0 Å². The van der Waals surface area contributed by atoms with Crippen molar-refractivity contribution in [3.63, 3.8) is 0 Å². The smallest absolute Gasteiger partial charge is 0.0599 e. The molecule has 0 aliphatic rings. The van der Waals surface area contributed by atoms with Gasteiger partial charge >= 0.3 is 0 Å². The summed E-state index contributed by atoms with van der Waals surface area (Å²) in [4.78, 5) is 2.46. The molecule has 102 valence electrons. The van der Waals surface area contributed by atoms with Crippen LogP contribution in [0.3, 0.4) is 0 Å². The van der Waals surface area contributed by atoms with E-state index in [4.69, 9.17) is 5.73 Å². The first-order chi connectivity index (χ1) is 8.79. The molecule has 0 heterocycles. The van der Waals surface area contributed by atoms with E-state index in [0.717, 1.165) is 18.8 Å². The van der Waals surface area contributed by atoms with Crippen molar-refractivity contribution in [3.05, 3.63) is 24.3 Å². The Bertz CT molecular complexity index is 313. The average molecular weight is 248 g/mol. The number of anilines is 2. The van der Waals surface area contributed by atoms with E-state index in [1.807, 2.05) is 12.1 Å². The SMILES string of the molecule is CCCCCN(CCCCC)c1ccccc1N. The molecule has 2 heteroatoms. The second-order valence-electron chi connectivity index (χ2n) is 4.96. The summed E-state index contributed by atoms with van der Waals surface area (Å²) in [6.45, 7) is 6.76. The van der Waals surface area contributed by atoms with Crippen LogP contribution in [-0.4, -0.2) is 13.1 Å². The van der Waals surface area contributed by atoms with Crippen LogP contribution in [0.1, 0.15) is 52.4 Å². The molecule has 1 aromatic rings. The molecule has 1 aromatic carbocycles. The fourth-order valence-electron chi connectivity index (χ4n) is 2.23. The van der Waals surface area contributed by atoms with E-state index in [0.29, 0.717) is 0 Å². The molecule has 0 saturated heterocycles. The van der Waals surface area contributed by atoms with E-state index in [9.17, 15) is 0 Å². The highest BCUT2D eigenvalue weighted by Crippen LogP contribution is 2.23. The summed E-state index contributed by atoms with van der Waals surface area (Å²) in [5.74, 6) is 0. The predicted molar refractivity (Wildman–Crippen MR) is 82.1 cm³/mol. The Balaban J connectivity index is 2.60. The lowest BCUT2D eigenvalue weighted by molar-refractivity contribution is 0.637. The van der Waals surface area contributed by atoms with E-state index in [2.05, 4.69) is 30.9 Å². The largest absolute Gasteiger partial charge is 0.397 e. The fraction of sp³-hybridized carbons (Fsp3) is 0.625. The van der Waals surface area contributed by atoms with Crippen LogP contribution in [0.5, 0.6) is 0 Å². The molecular weight excluding hydrogens is 220 g/mol. The second-order valence-corrected chi connectivity index (χ2v) is 4.96. The Labute approximate surface area is 112 Å². The molecular formula is C16H28N2. The maximum absolute atomic E-state index is 6.09. The number of unbranched alkanes of at least 4 members (excludes halogenated alkanes) is 4. The summed E-state index contributed by atoms with van der Waals surface area (Å²) in [6, 6.07) is 8.24. The Kier molecular flexibility index (Phi) is 7.31. The molecule has 2 nitrogen and oxygen atoms in total. The van der Waals surface area contributed by atoms with Gasteiger partial charge in [0.25, 0.3) is 0 Å². The van der Waals surface area contributed by atoms with E-state index in [1.54, 1.807) is 0 Å². The Morgan fingerprint density at radius 1 is 0.889 bits per heavy atom. The minimum atomic E-state index is 0.908. The molecule has 0 spiro atoms. The Morgan fingerprint density at radius 2 is 1.44 bits per heavy atom. The van der Waals surface area contributed by atoms with Gasteiger partial charge in [-0.1, -0.05) is 51.7 Å². The number of hydrogen-bond acceptors (Lipinski definition) is 2. The lowest BCUT2D eigenvalue weighted by Gasteiger charge is -2.26. The van der Waals surface area contributed by atoms with Crippen molar-refractivity contribution in [1.29, 1.82) is 0 Å². The summed E-state index contributed by atoms with van der Waals surface area (Å²) < 4.78 is 0. The molecule has 0 aliphatic heterocycles. The number of para-hydroxylation sites is 2. The van der Waals surface area contributed by atoms with Crippen LogP contribution in [0.2, 0.25) is 0 Å². The summed E-state index contributed by atoms with van der Waals surface area (Å²) >= 11 is 0. The van der Waals surface area contributed by atoms with Crippen molar-refractivity contribution in [3.8, 4) is 0 Å². The van der Waals surface area contributed by atoms with Crippen LogP contribution in [0.15, 0.2) is 24.3 Å². The summed E-state index contributed by atoms with van der Waals surface area (Å²) in [5.41, 5.74) is 8.21. The lowest BCUT2D eigenvalue weighted by atomic mass is 10.1. The van der Waals surface area contributed by atoms with Crippen molar-refractivity contribution >= 4 is 11.4 Å². The van der Waals surface area contributed by atoms with E-state index < -0.39 is 0 Å². The zero-order valence-electron chi connectivity index (χ0n) is 12.0. The van der Waals surface area contributed by atoms with Crippen LogP contribution in [0, 0.1) is 0 Å². The van der Waals surface area contributed by atoms with Crippen LogP contribution in [0.4, 0.5) is 11.4 Å². The van der Waals surface area contributed by atoms with Crippen molar-refractivity contribution < 1.29 is 0 Å². The van der Waals surface area contributed by atoms with Gasteiger partial charge in [0.1, 0.15) is 0 Å². The molecule has 18 heavy (non-hydrogen) atoms. The number of benzene rings is 1. The minimum absolute atomic E-state index is 0.908. The topological polar surface area (TPSA) is 29.3 Å². The zero-order chi connectivity index (χ0) is 13.2. The normalized spacial score (nSPS) is 10.6. The first-order valence-corrected chi connectivity index (χ1v) is 7.39. The van der Waals surface area contributed by atoms with Crippen molar-refractivity contribution in [1.82, 2.24) is 0 Å². The van der Waals surface area contributed by atoms with Crippen molar-refractivity contribution in [2.45, 2.75) is 52.4 Å². The van der Waals surface area contributed by atoms with Gasteiger partial charge in [0.05, 0.1) is 11.4 Å². The number of nitrogens with zero attached hydrogens (tertiary/aromatic N) is 1. The predicted octanol–water partition coefficient (Wildman–Crippen LogP) is 4.46. The maximum Gasteiger partial charge on any atom is 0.0599 e. The number of nitrogens with two attached hydrogens (primary N) is 1. The molecule has 0 unspecified atom stereocenters. The molecule has 0 bridgehead atoms. The highest BCUT2D eigenvalue weighted by Gasteiger charge is 2.08. The van der Waals surface area contributed by atoms with Gasteiger partial charge in [-0.3, -0.25) is 0 Å². The highest BCUT2D eigenvalue weighted by molar-refractivity contribution is 5.67. The summed E-state index contributed by atoms with van der Waals surface area (Å²) in [6.07, 6.45) is 7.67. The van der Waals surface area contributed by atoms with Gasteiger partial charge in [-0.15, -0.1) is 0 Å². The molecule has 0 saturated carbocycles. The highest BCUT2D eigenvalue weighted by atomic mass is 15.1. The molecule has 1 rings (SSSR count). The van der Waals surface area contributed by atoms with Crippen LogP contribution in [-0.2, 0) is 0 Å². The monoisotopic (exact) mass is 248 g/mol. The van der Waals surface area contributed by atoms with Gasteiger partial charge in [0.15, 0.2) is 0 Å². The van der Waals surface area contributed by atoms with Crippen LogP contribution < -0.4 is 10.6 Å². The van der Waals surface area contributed by atoms with Gasteiger partial charge in [-0.25, -0.2) is 0 Å².